The van der Waals surface area contributed by atoms with E-state index in [1.165, 1.54) is 11.2 Å². The minimum atomic E-state index is -0.619. The third kappa shape index (κ3) is 2.72. The highest BCUT2D eigenvalue weighted by atomic mass is 32.2. The minimum absolute atomic E-state index is 0.222. The molecule has 0 fully saturated rings. The highest BCUT2D eigenvalue weighted by Gasteiger charge is 2.42. The van der Waals surface area contributed by atoms with Crippen molar-refractivity contribution in [1.29, 1.82) is 0 Å². The molecule has 0 unspecified atom stereocenters. The number of benzene rings is 1. The van der Waals surface area contributed by atoms with Gasteiger partial charge in [0.15, 0.2) is 5.76 Å². The highest BCUT2D eigenvalue weighted by molar-refractivity contribution is 7.98. The van der Waals surface area contributed by atoms with Crippen LogP contribution in [0.3, 0.4) is 0 Å². The Morgan fingerprint density at radius 1 is 1.12 bits per heavy atom. The molecular weight excluding hydrogens is 354 g/mol. The summed E-state index contributed by atoms with van der Waals surface area (Å²) in [6, 6.07) is 9.62. The van der Waals surface area contributed by atoms with Crippen molar-refractivity contribution in [2.24, 2.45) is 0 Å². The van der Waals surface area contributed by atoms with E-state index in [0.717, 1.165) is 5.75 Å². The second-order valence-corrected chi connectivity index (χ2v) is 6.74. The van der Waals surface area contributed by atoms with E-state index in [9.17, 15) is 9.59 Å². The third-order valence-electron chi connectivity index (χ3n) is 4.20. The number of hydrogen-bond donors (Lipinski definition) is 0. The number of thioether (sulfide) groups is 1. The SMILES string of the molecule is CSCC[C@@H](c1nc(-c2ccco2)no1)N1C(=O)c2ccccc2C1=O. The van der Waals surface area contributed by atoms with Gasteiger partial charge in [0.05, 0.1) is 17.4 Å². The third-order valence-corrected chi connectivity index (χ3v) is 4.84. The van der Waals surface area contributed by atoms with Crippen LogP contribution in [0.25, 0.3) is 11.6 Å². The number of carbonyl (C=O) groups is 2. The standard InChI is InChI=1S/C18H15N3O4S/c1-26-10-8-13(16-19-15(20-25-16)14-7-4-9-24-14)21-17(22)11-5-2-3-6-12(11)18(21)23/h2-7,9,13H,8,10H2,1H3/t13-/m0/s1. The summed E-state index contributed by atoms with van der Waals surface area (Å²) in [7, 11) is 0. The molecule has 3 aromatic rings. The Balaban J connectivity index is 1.70. The number of fused-ring (bicyclic) bond motifs is 1. The van der Waals surface area contributed by atoms with Crippen molar-refractivity contribution in [3.8, 4) is 11.6 Å². The van der Waals surface area contributed by atoms with Gasteiger partial charge in [-0.2, -0.15) is 16.7 Å². The van der Waals surface area contributed by atoms with Gasteiger partial charge in [0.2, 0.25) is 11.7 Å². The van der Waals surface area contributed by atoms with Crippen molar-refractivity contribution in [1.82, 2.24) is 15.0 Å². The summed E-state index contributed by atoms with van der Waals surface area (Å²) in [5, 5.41) is 3.92. The normalized spacial score (nSPS) is 14.7. The predicted octanol–water partition coefficient (Wildman–Crippen LogP) is 3.42. The molecule has 8 heteroatoms. The van der Waals surface area contributed by atoms with Crippen molar-refractivity contribution in [2.75, 3.05) is 12.0 Å². The Kier molecular flexibility index (Phi) is 4.34. The first-order valence-electron chi connectivity index (χ1n) is 8.04. The van der Waals surface area contributed by atoms with Crippen LogP contribution >= 0.6 is 11.8 Å². The lowest BCUT2D eigenvalue weighted by Gasteiger charge is -2.22. The zero-order valence-corrected chi connectivity index (χ0v) is 14.7. The van der Waals surface area contributed by atoms with Crippen LogP contribution in [-0.2, 0) is 0 Å². The van der Waals surface area contributed by atoms with Crippen molar-refractivity contribution < 1.29 is 18.5 Å². The molecule has 0 N–H and O–H groups in total. The zero-order valence-electron chi connectivity index (χ0n) is 13.9. The lowest BCUT2D eigenvalue weighted by atomic mass is 10.1. The van der Waals surface area contributed by atoms with Gasteiger partial charge in [-0.1, -0.05) is 17.3 Å². The summed E-state index contributed by atoms with van der Waals surface area (Å²) in [6.07, 6.45) is 3.99. The summed E-state index contributed by atoms with van der Waals surface area (Å²) < 4.78 is 10.7. The fraction of sp³-hybridized carbons (Fsp3) is 0.222. The Labute approximate surface area is 153 Å². The van der Waals surface area contributed by atoms with Gasteiger partial charge in [0, 0.05) is 0 Å². The van der Waals surface area contributed by atoms with Crippen LogP contribution in [0, 0.1) is 0 Å². The van der Waals surface area contributed by atoms with Crippen LogP contribution in [0.15, 0.2) is 51.6 Å². The molecule has 4 rings (SSSR count). The number of furan rings is 1. The molecular formula is C18H15N3O4S. The van der Waals surface area contributed by atoms with E-state index < -0.39 is 6.04 Å². The highest BCUT2D eigenvalue weighted by Crippen LogP contribution is 2.34. The largest absolute Gasteiger partial charge is 0.461 e. The molecule has 0 spiro atoms. The molecule has 1 aliphatic rings. The van der Waals surface area contributed by atoms with E-state index in [1.54, 1.807) is 48.2 Å². The van der Waals surface area contributed by atoms with E-state index in [-0.39, 0.29) is 23.5 Å². The van der Waals surface area contributed by atoms with E-state index in [2.05, 4.69) is 10.1 Å². The second-order valence-electron chi connectivity index (χ2n) is 5.76. The van der Waals surface area contributed by atoms with Gasteiger partial charge >= 0.3 is 0 Å². The van der Waals surface area contributed by atoms with Crippen molar-refractivity contribution in [3.63, 3.8) is 0 Å². The number of imide groups is 1. The Bertz CT molecular complexity index is 916. The molecule has 26 heavy (non-hydrogen) atoms. The Morgan fingerprint density at radius 3 is 2.46 bits per heavy atom. The van der Waals surface area contributed by atoms with Gasteiger partial charge < -0.3 is 8.94 Å². The van der Waals surface area contributed by atoms with Crippen LogP contribution in [0.2, 0.25) is 0 Å². The molecule has 0 aliphatic carbocycles. The summed E-state index contributed by atoms with van der Waals surface area (Å²) in [5.41, 5.74) is 0.801. The number of hydrogen-bond acceptors (Lipinski definition) is 7. The quantitative estimate of drug-likeness (QED) is 0.615. The monoisotopic (exact) mass is 369 g/mol. The van der Waals surface area contributed by atoms with Crippen molar-refractivity contribution in [2.45, 2.75) is 12.5 Å². The molecule has 2 aromatic heterocycles. The van der Waals surface area contributed by atoms with E-state index in [0.29, 0.717) is 23.3 Å². The Morgan fingerprint density at radius 2 is 1.85 bits per heavy atom. The molecule has 1 aromatic carbocycles. The van der Waals surface area contributed by atoms with Crippen LogP contribution in [-0.4, -0.2) is 38.9 Å². The topological polar surface area (TPSA) is 89.4 Å². The molecule has 132 valence electrons. The van der Waals surface area contributed by atoms with E-state index in [1.807, 2.05) is 6.26 Å². The predicted molar refractivity (Wildman–Crippen MR) is 94.7 cm³/mol. The minimum Gasteiger partial charge on any atom is -0.461 e. The molecule has 7 nitrogen and oxygen atoms in total. The van der Waals surface area contributed by atoms with E-state index >= 15 is 0 Å². The van der Waals surface area contributed by atoms with Gasteiger partial charge in [-0.05, 0) is 42.7 Å². The maximum Gasteiger partial charge on any atom is 0.262 e. The number of nitrogens with zero attached hydrogens (tertiary/aromatic N) is 3. The zero-order chi connectivity index (χ0) is 18.1. The summed E-state index contributed by atoms with van der Waals surface area (Å²) in [6.45, 7) is 0. The van der Waals surface area contributed by atoms with Gasteiger partial charge in [0.1, 0.15) is 6.04 Å². The van der Waals surface area contributed by atoms with Crippen LogP contribution in [0.4, 0.5) is 0 Å². The number of amides is 2. The molecule has 3 heterocycles. The van der Waals surface area contributed by atoms with Crippen molar-refractivity contribution in [3.05, 3.63) is 59.7 Å². The average Bonchev–Trinajstić information content (AvgIpc) is 3.39. The first-order valence-corrected chi connectivity index (χ1v) is 9.43. The number of aromatic nitrogens is 2. The molecule has 0 radical (unpaired) electrons. The molecule has 0 saturated heterocycles. The molecule has 0 saturated carbocycles. The van der Waals surface area contributed by atoms with Crippen LogP contribution < -0.4 is 0 Å². The molecule has 1 aliphatic heterocycles. The van der Waals surface area contributed by atoms with Gasteiger partial charge in [-0.25, -0.2) is 0 Å². The lowest BCUT2D eigenvalue weighted by Crippen LogP contribution is -2.34. The maximum absolute atomic E-state index is 12.8. The van der Waals surface area contributed by atoms with Gasteiger partial charge in [-0.15, -0.1) is 0 Å². The first kappa shape index (κ1) is 16.6. The van der Waals surface area contributed by atoms with E-state index in [4.69, 9.17) is 8.94 Å². The van der Waals surface area contributed by atoms with Gasteiger partial charge in [-0.3, -0.25) is 14.5 Å². The first-order chi connectivity index (χ1) is 12.7. The maximum atomic E-state index is 12.8. The fourth-order valence-corrected chi connectivity index (χ4v) is 3.42. The summed E-state index contributed by atoms with van der Waals surface area (Å²) >= 11 is 1.62. The van der Waals surface area contributed by atoms with Gasteiger partial charge in [0.25, 0.3) is 11.8 Å². The lowest BCUT2D eigenvalue weighted by molar-refractivity contribution is 0.0548. The van der Waals surface area contributed by atoms with Crippen LogP contribution in [0.5, 0.6) is 0 Å². The molecule has 1 atom stereocenters. The average molecular weight is 369 g/mol. The number of carbonyl (C=O) groups excluding carboxylic acids is 2. The Hall–Kier alpha value is -2.87. The van der Waals surface area contributed by atoms with Crippen molar-refractivity contribution >= 4 is 23.6 Å². The molecule has 2 amide bonds. The molecule has 0 bridgehead atoms. The summed E-state index contributed by atoms with van der Waals surface area (Å²) in [5.74, 6) is 1.03. The smallest absolute Gasteiger partial charge is 0.262 e. The summed E-state index contributed by atoms with van der Waals surface area (Å²) in [4.78, 5) is 31.2. The fourth-order valence-electron chi connectivity index (χ4n) is 2.96. The number of rotatable bonds is 6. The van der Waals surface area contributed by atoms with Crippen LogP contribution in [0.1, 0.15) is 39.1 Å². The second kappa shape index (κ2) is 6.80.